The second-order valence-electron chi connectivity index (χ2n) is 5.29. The molecular formula is C17H14Cl2FNO2. The van der Waals surface area contributed by atoms with Gasteiger partial charge in [0, 0.05) is 12.1 Å². The molecule has 23 heavy (non-hydrogen) atoms. The van der Waals surface area contributed by atoms with E-state index in [0.29, 0.717) is 35.3 Å². The third-order valence-electron chi connectivity index (χ3n) is 3.76. The molecule has 1 saturated heterocycles. The van der Waals surface area contributed by atoms with Crippen LogP contribution >= 0.6 is 23.2 Å². The molecule has 1 unspecified atom stereocenters. The Hall–Kier alpha value is -1.62. The Kier molecular flexibility index (Phi) is 4.85. The van der Waals surface area contributed by atoms with Crippen molar-refractivity contribution < 1.29 is 13.9 Å². The number of hydrogen-bond acceptors (Lipinski definition) is 2. The highest BCUT2D eigenvalue weighted by molar-refractivity contribution is 6.42. The molecule has 1 heterocycles. The van der Waals surface area contributed by atoms with Gasteiger partial charge in [0.1, 0.15) is 11.9 Å². The summed E-state index contributed by atoms with van der Waals surface area (Å²) in [5, 5.41) is 0.759. The normalized spacial score (nSPS) is 18.0. The Balaban J connectivity index is 1.76. The van der Waals surface area contributed by atoms with E-state index < -0.39 is 0 Å². The summed E-state index contributed by atoms with van der Waals surface area (Å²) in [6.45, 7) is 1.33. The molecule has 0 aliphatic carbocycles. The molecule has 120 valence electrons. The van der Waals surface area contributed by atoms with Crippen LogP contribution in [-0.4, -0.2) is 30.5 Å². The minimum absolute atomic E-state index is 0.126. The van der Waals surface area contributed by atoms with Crippen molar-refractivity contribution in [1.82, 2.24) is 4.90 Å². The quantitative estimate of drug-likeness (QED) is 0.803. The predicted octanol–water partition coefficient (Wildman–Crippen LogP) is 4.35. The summed E-state index contributed by atoms with van der Waals surface area (Å²) in [5.41, 5.74) is 1.33. The Morgan fingerprint density at radius 1 is 1.13 bits per heavy atom. The second-order valence-corrected chi connectivity index (χ2v) is 6.11. The van der Waals surface area contributed by atoms with Gasteiger partial charge in [0.25, 0.3) is 5.91 Å². The topological polar surface area (TPSA) is 29.5 Å². The molecule has 0 spiro atoms. The maximum Gasteiger partial charge on any atom is 0.254 e. The first-order valence-corrected chi connectivity index (χ1v) is 7.91. The monoisotopic (exact) mass is 353 g/mol. The van der Waals surface area contributed by atoms with Crippen molar-refractivity contribution >= 4 is 29.1 Å². The summed E-state index contributed by atoms with van der Waals surface area (Å²) in [4.78, 5) is 14.3. The molecule has 6 heteroatoms. The van der Waals surface area contributed by atoms with E-state index in [-0.39, 0.29) is 17.8 Å². The second kappa shape index (κ2) is 6.87. The molecule has 3 nitrogen and oxygen atoms in total. The molecular weight excluding hydrogens is 340 g/mol. The molecule has 1 amide bonds. The maximum absolute atomic E-state index is 13.0. The standard InChI is InChI=1S/C17H14Cl2FNO2/c18-14-6-3-12(9-15(14)19)17(22)21-7-8-23-16(10-21)11-1-4-13(20)5-2-11/h1-6,9,16H,7-8,10H2. The van der Waals surface area contributed by atoms with Gasteiger partial charge in [-0.05, 0) is 35.9 Å². The third kappa shape index (κ3) is 3.66. The van der Waals surface area contributed by atoms with Crippen LogP contribution in [0.1, 0.15) is 22.0 Å². The fraction of sp³-hybridized carbons (Fsp3) is 0.235. The van der Waals surface area contributed by atoms with Crippen molar-refractivity contribution in [3.63, 3.8) is 0 Å². The van der Waals surface area contributed by atoms with Gasteiger partial charge in [-0.25, -0.2) is 4.39 Å². The Morgan fingerprint density at radius 3 is 2.57 bits per heavy atom. The van der Waals surface area contributed by atoms with Gasteiger partial charge in [-0.15, -0.1) is 0 Å². The SMILES string of the molecule is O=C(c1ccc(Cl)c(Cl)c1)N1CCOC(c2ccc(F)cc2)C1. The summed E-state index contributed by atoms with van der Waals surface area (Å²) < 4.78 is 18.7. The van der Waals surface area contributed by atoms with Crippen molar-refractivity contribution in [3.05, 3.63) is 69.5 Å². The number of carbonyl (C=O) groups is 1. The summed E-state index contributed by atoms with van der Waals surface area (Å²) in [6.07, 6.45) is -0.268. The van der Waals surface area contributed by atoms with Gasteiger partial charge in [-0.3, -0.25) is 4.79 Å². The molecule has 0 radical (unpaired) electrons. The molecule has 1 aliphatic rings. The predicted molar refractivity (Wildman–Crippen MR) is 87.5 cm³/mol. The van der Waals surface area contributed by atoms with Crippen LogP contribution in [0.15, 0.2) is 42.5 Å². The molecule has 1 atom stereocenters. The number of hydrogen-bond donors (Lipinski definition) is 0. The van der Waals surface area contributed by atoms with Gasteiger partial charge in [0.2, 0.25) is 0 Å². The number of nitrogens with zero attached hydrogens (tertiary/aromatic N) is 1. The van der Waals surface area contributed by atoms with Gasteiger partial charge in [-0.1, -0.05) is 35.3 Å². The number of amides is 1. The molecule has 0 saturated carbocycles. The van der Waals surface area contributed by atoms with Crippen LogP contribution in [0.3, 0.4) is 0 Å². The molecule has 0 bridgehead atoms. The van der Waals surface area contributed by atoms with Crippen LogP contribution < -0.4 is 0 Å². The first kappa shape index (κ1) is 16.2. The lowest BCUT2D eigenvalue weighted by Gasteiger charge is -2.33. The molecule has 1 aliphatic heterocycles. The molecule has 2 aromatic carbocycles. The number of morpholine rings is 1. The average Bonchev–Trinajstić information content (AvgIpc) is 2.57. The number of halogens is 3. The van der Waals surface area contributed by atoms with E-state index in [1.54, 1.807) is 35.2 Å². The maximum atomic E-state index is 13.0. The van der Waals surface area contributed by atoms with Crippen LogP contribution in [0.4, 0.5) is 4.39 Å². The summed E-state index contributed by atoms with van der Waals surface area (Å²) in [7, 11) is 0. The van der Waals surface area contributed by atoms with Crippen molar-refractivity contribution in [2.45, 2.75) is 6.10 Å². The minimum atomic E-state index is -0.298. The zero-order valence-corrected chi connectivity index (χ0v) is 13.6. The van der Waals surface area contributed by atoms with Crippen molar-refractivity contribution in [2.24, 2.45) is 0 Å². The molecule has 0 N–H and O–H groups in total. The molecule has 3 rings (SSSR count). The van der Waals surface area contributed by atoms with Crippen LogP contribution in [0, 0.1) is 5.82 Å². The van der Waals surface area contributed by atoms with E-state index in [9.17, 15) is 9.18 Å². The molecule has 1 fully saturated rings. The van der Waals surface area contributed by atoms with E-state index in [0.717, 1.165) is 5.56 Å². The third-order valence-corrected chi connectivity index (χ3v) is 4.50. The fourth-order valence-corrected chi connectivity index (χ4v) is 2.82. The van der Waals surface area contributed by atoms with E-state index in [1.165, 1.54) is 12.1 Å². The highest BCUT2D eigenvalue weighted by atomic mass is 35.5. The van der Waals surface area contributed by atoms with Gasteiger partial charge in [0.05, 0.1) is 23.2 Å². The summed E-state index contributed by atoms with van der Waals surface area (Å²) >= 11 is 11.9. The fourth-order valence-electron chi connectivity index (χ4n) is 2.52. The van der Waals surface area contributed by atoms with Crippen molar-refractivity contribution in [2.75, 3.05) is 19.7 Å². The Morgan fingerprint density at radius 2 is 1.87 bits per heavy atom. The summed E-state index contributed by atoms with van der Waals surface area (Å²) in [5.74, 6) is -0.424. The van der Waals surface area contributed by atoms with Crippen LogP contribution in [0.5, 0.6) is 0 Å². The van der Waals surface area contributed by atoms with E-state index >= 15 is 0 Å². The molecule has 2 aromatic rings. The van der Waals surface area contributed by atoms with Crippen molar-refractivity contribution in [3.8, 4) is 0 Å². The Bertz CT molecular complexity index is 721. The Labute approximate surface area is 143 Å². The number of ether oxygens (including phenoxy) is 1. The lowest BCUT2D eigenvalue weighted by Crippen LogP contribution is -2.42. The van der Waals surface area contributed by atoms with E-state index in [1.807, 2.05) is 0 Å². The first-order valence-electron chi connectivity index (χ1n) is 7.16. The van der Waals surface area contributed by atoms with E-state index in [2.05, 4.69) is 0 Å². The zero-order chi connectivity index (χ0) is 16.4. The van der Waals surface area contributed by atoms with Gasteiger partial charge < -0.3 is 9.64 Å². The number of rotatable bonds is 2. The lowest BCUT2D eigenvalue weighted by atomic mass is 10.1. The average molecular weight is 354 g/mol. The largest absolute Gasteiger partial charge is 0.370 e. The molecule has 0 aromatic heterocycles. The zero-order valence-electron chi connectivity index (χ0n) is 12.1. The minimum Gasteiger partial charge on any atom is -0.370 e. The highest BCUT2D eigenvalue weighted by Gasteiger charge is 2.26. The van der Waals surface area contributed by atoms with Gasteiger partial charge in [0.15, 0.2) is 0 Å². The lowest BCUT2D eigenvalue weighted by molar-refractivity contribution is -0.0228. The van der Waals surface area contributed by atoms with Crippen molar-refractivity contribution in [1.29, 1.82) is 0 Å². The highest BCUT2D eigenvalue weighted by Crippen LogP contribution is 2.26. The number of carbonyl (C=O) groups excluding carboxylic acids is 1. The van der Waals surface area contributed by atoms with Crippen LogP contribution in [0.2, 0.25) is 10.0 Å². The smallest absolute Gasteiger partial charge is 0.254 e. The van der Waals surface area contributed by atoms with Crippen LogP contribution in [0.25, 0.3) is 0 Å². The van der Waals surface area contributed by atoms with Gasteiger partial charge >= 0.3 is 0 Å². The number of benzene rings is 2. The first-order chi connectivity index (χ1) is 11.0. The van der Waals surface area contributed by atoms with Gasteiger partial charge in [-0.2, -0.15) is 0 Å². The van der Waals surface area contributed by atoms with E-state index in [4.69, 9.17) is 27.9 Å². The summed E-state index contributed by atoms with van der Waals surface area (Å²) in [6, 6.07) is 10.9. The van der Waals surface area contributed by atoms with Crippen LogP contribution in [-0.2, 0) is 4.74 Å².